The zero-order valence-electron chi connectivity index (χ0n) is 14.5. The van der Waals surface area contributed by atoms with Crippen LogP contribution in [0.3, 0.4) is 0 Å². The zero-order valence-corrected chi connectivity index (χ0v) is 15.4. The fourth-order valence-corrected chi connectivity index (χ4v) is 2.40. The average Bonchev–Trinajstić information content (AvgIpc) is 2.59. The smallest absolute Gasteiger partial charge is 0.347 e. The lowest BCUT2D eigenvalue weighted by Gasteiger charge is -2.21. The molecular formula is C19H17FO6S. The van der Waals surface area contributed by atoms with Crippen molar-refractivity contribution in [1.82, 2.24) is 0 Å². The molecule has 2 aromatic rings. The fourth-order valence-electron chi connectivity index (χ4n) is 2.08. The Bertz CT molecular complexity index is 974. The first-order valence-electron chi connectivity index (χ1n) is 7.78. The lowest BCUT2D eigenvalue weighted by Crippen LogP contribution is -2.37. The normalized spacial score (nSPS) is 12.1. The highest BCUT2D eigenvalue weighted by Gasteiger charge is 2.29. The number of carbonyl (C=O) groups excluding carboxylic acids is 1. The molecule has 0 unspecified atom stereocenters. The van der Waals surface area contributed by atoms with Crippen molar-refractivity contribution in [2.24, 2.45) is 0 Å². The topological polar surface area (TPSA) is 97.7 Å². The van der Waals surface area contributed by atoms with Crippen LogP contribution >= 0.6 is 0 Å². The fraction of sp³-hybridized carbons (Fsp3) is 0.158. The second-order valence-electron chi connectivity index (χ2n) is 6.17. The Kier molecular flexibility index (Phi) is 5.80. The second kappa shape index (κ2) is 7.71. The molecule has 0 amide bonds. The van der Waals surface area contributed by atoms with Gasteiger partial charge in [-0.3, -0.25) is 4.79 Å². The quantitative estimate of drug-likeness (QED) is 0.573. The van der Waals surface area contributed by atoms with Crippen LogP contribution in [0.1, 0.15) is 35.3 Å². The number of halogens is 1. The molecule has 0 atom stereocenters. The largest absolute Gasteiger partial charge is 0.478 e. The highest BCUT2D eigenvalue weighted by Crippen LogP contribution is 2.21. The van der Waals surface area contributed by atoms with E-state index >= 15 is 0 Å². The van der Waals surface area contributed by atoms with E-state index in [-0.39, 0.29) is 5.78 Å². The average molecular weight is 392 g/mol. The number of hydrogen-bond donors (Lipinski definition) is 1. The maximum absolute atomic E-state index is 12.5. The van der Waals surface area contributed by atoms with Gasteiger partial charge < -0.3 is 9.84 Å². The van der Waals surface area contributed by atoms with Crippen molar-refractivity contribution in [2.75, 3.05) is 0 Å². The minimum Gasteiger partial charge on any atom is -0.478 e. The molecule has 0 saturated carbocycles. The molecular weight excluding hydrogens is 375 g/mol. The van der Waals surface area contributed by atoms with Gasteiger partial charge in [-0.25, -0.2) is 4.79 Å². The van der Waals surface area contributed by atoms with Crippen molar-refractivity contribution < 1.29 is 31.7 Å². The zero-order chi connectivity index (χ0) is 20.2. The maximum atomic E-state index is 12.5. The number of ketones is 1. The Labute approximate surface area is 156 Å². The van der Waals surface area contributed by atoms with Crippen LogP contribution < -0.4 is 4.74 Å². The van der Waals surface area contributed by atoms with Crippen LogP contribution in [0.15, 0.2) is 53.9 Å². The molecule has 27 heavy (non-hydrogen) atoms. The molecule has 0 fully saturated rings. The summed E-state index contributed by atoms with van der Waals surface area (Å²) in [6, 6.07) is 12.0. The van der Waals surface area contributed by atoms with Crippen LogP contribution in [0.5, 0.6) is 5.75 Å². The third-order valence-electron chi connectivity index (χ3n) is 3.60. The number of benzene rings is 2. The highest BCUT2D eigenvalue weighted by molar-refractivity contribution is 7.89. The minimum atomic E-state index is -4.71. The van der Waals surface area contributed by atoms with Gasteiger partial charge in [-0.2, -0.15) is 8.42 Å². The predicted molar refractivity (Wildman–Crippen MR) is 97.7 cm³/mol. The third-order valence-corrected chi connectivity index (χ3v) is 4.06. The molecule has 0 aliphatic rings. The van der Waals surface area contributed by atoms with Crippen LogP contribution in [0.25, 0.3) is 6.08 Å². The molecule has 0 aliphatic heterocycles. The second-order valence-corrected chi connectivity index (χ2v) is 7.39. The summed E-state index contributed by atoms with van der Waals surface area (Å²) in [4.78, 5) is 23.5. The Morgan fingerprint density at radius 3 is 1.93 bits per heavy atom. The van der Waals surface area contributed by atoms with E-state index in [4.69, 9.17) is 9.84 Å². The summed E-state index contributed by atoms with van der Waals surface area (Å²) < 4.78 is 38.8. The van der Waals surface area contributed by atoms with Gasteiger partial charge in [0.05, 0.1) is 5.41 Å². The standard InChI is InChI=1S/C19H17FO6S/c1-19(2,18(22)23)26-16-9-7-15(8-10-16)17(21)14-5-3-13(4-6-14)11-12-27(20,24)25/h3-12H,1-2H3,(H,22,23). The van der Waals surface area contributed by atoms with Crippen molar-refractivity contribution >= 4 is 28.1 Å². The lowest BCUT2D eigenvalue weighted by molar-refractivity contribution is -0.152. The highest BCUT2D eigenvalue weighted by atomic mass is 32.3. The molecule has 2 rings (SSSR count). The van der Waals surface area contributed by atoms with Gasteiger partial charge in [-0.05, 0) is 49.8 Å². The molecule has 0 bridgehead atoms. The molecule has 142 valence electrons. The van der Waals surface area contributed by atoms with Crippen molar-refractivity contribution in [3.8, 4) is 5.75 Å². The minimum absolute atomic E-state index is 0.285. The number of carbonyl (C=O) groups is 2. The number of carboxylic acid groups (broad SMARTS) is 1. The maximum Gasteiger partial charge on any atom is 0.347 e. The monoisotopic (exact) mass is 392 g/mol. The first-order valence-corrected chi connectivity index (χ1v) is 9.22. The molecule has 0 saturated heterocycles. The number of ether oxygens (including phenoxy) is 1. The van der Waals surface area contributed by atoms with Gasteiger partial charge in [0, 0.05) is 11.1 Å². The van der Waals surface area contributed by atoms with Crippen LogP contribution in [0, 0.1) is 0 Å². The van der Waals surface area contributed by atoms with Gasteiger partial charge in [0.1, 0.15) is 5.75 Å². The molecule has 6 nitrogen and oxygen atoms in total. The van der Waals surface area contributed by atoms with Crippen LogP contribution in [0.4, 0.5) is 3.89 Å². The molecule has 0 aromatic heterocycles. The summed E-state index contributed by atoms with van der Waals surface area (Å²) in [7, 11) is -4.71. The van der Waals surface area contributed by atoms with E-state index in [0.717, 1.165) is 6.08 Å². The number of aliphatic carboxylic acids is 1. The van der Waals surface area contributed by atoms with Crippen molar-refractivity contribution in [3.63, 3.8) is 0 Å². The van der Waals surface area contributed by atoms with Gasteiger partial charge >= 0.3 is 16.2 Å². The summed E-state index contributed by atoms with van der Waals surface area (Å²) >= 11 is 0. The molecule has 8 heteroatoms. The molecule has 0 aliphatic carbocycles. The van der Waals surface area contributed by atoms with E-state index in [0.29, 0.717) is 27.8 Å². The van der Waals surface area contributed by atoms with Crippen molar-refractivity contribution in [3.05, 3.63) is 70.6 Å². The summed E-state index contributed by atoms with van der Waals surface area (Å²) in [5.41, 5.74) is -0.255. The first kappa shape index (κ1) is 20.3. The lowest BCUT2D eigenvalue weighted by atomic mass is 10.0. The number of hydrogen-bond acceptors (Lipinski definition) is 5. The Morgan fingerprint density at radius 1 is 1.00 bits per heavy atom. The molecule has 0 heterocycles. The van der Waals surface area contributed by atoms with E-state index in [1.54, 1.807) is 0 Å². The van der Waals surface area contributed by atoms with Crippen LogP contribution in [-0.4, -0.2) is 30.9 Å². The Morgan fingerprint density at radius 2 is 1.48 bits per heavy atom. The van der Waals surface area contributed by atoms with Gasteiger partial charge in [-0.1, -0.05) is 24.3 Å². The Hall–Kier alpha value is -3.00. The van der Waals surface area contributed by atoms with Gasteiger partial charge in [0.15, 0.2) is 11.4 Å². The summed E-state index contributed by atoms with van der Waals surface area (Å²) in [5, 5.41) is 9.49. The number of rotatable bonds is 7. The Balaban J connectivity index is 2.14. The predicted octanol–water partition coefficient (Wildman–Crippen LogP) is 3.43. The third kappa shape index (κ3) is 5.75. The van der Waals surface area contributed by atoms with E-state index in [9.17, 15) is 21.9 Å². The summed E-state index contributed by atoms with van der Waals surface area (Å²) in [6.07, 6.45) is 1.08. The summed E-state index contributed by atoms with van der Waals surface area (Å²) in [6.45, 7) is 2.83. The first-order chi connectivity index (χ1) is 12.5. The van der Waals surface area contributed by atoms with Crippen LogP contribution in [-0.2, 0) is 15.0 Å². The van der Waals surface area contributed by atoms with E-state index in [1.165, 1.54) is 62.4 Å². The van der Waals surface area contributed by atoms with Gasteiger partial charge in [0.25, 0.3) is 0 Å². The van der Waals surface area contributed by atoms with E-state index < -0.39 is 21.8 Å². The van der Waals surface area contributed by atoms with Crippen molar-refractivity contribution in [2.45, 2.75) is 19.4 Å². The van der Waals surface area contributed by atoms with Gasteiger partial charge in [-0.15, -0.1) is 3.89 Å². The van der Waals surface area contributed by atoms with Crippen molar-refractivity contribution in [1.29, 1.82) is 0 Å². The van der Waals surface area contributed by atoms with Gasteiger partial charge in [0.2, 0.25) is 0 Å². The molecule has 0 spiro atoms. The van der Waals surface area contributed by atoms with E-state index in [1.807, 2.05) is 0 Å². The summed E-state index contributed by atoms with van der Waals surface area (Å²) in [5.74, 6) is -1.09. The molecule has 0 radical (unpaired) electrons. The molecule has 1 N–H and O–H groups in total. The van der Waals surface area contributed by atoms with E-state index in [2.05, 4.69) is 0 Å². The van der Waals surface area contributed by atoms with Crippen LogP contribution in [0.2, 0.25) is 0 Å². The SMILES string of the molecule is CC(C)(Oc1ccc(C(=O)c2ccc(C=CS(=O)(=O)F)cc2)cc1)C(=O)O. The number of carboxylic acids is 1. The molecule has 2 aromatic carbocycles.